The minimum atomic E-state index is -3.67. The fourth-order valence-corrected chi connectivity index (χ4v) is 3.06. The smallest absolute Gasteiger partial charge is 0.238 e. The average Bonchev–Trinajstić information content (AvgIpc) is 2.53. The summed E-state index contributed by atoms with van der Waals surface area (Å²) in [5.74, 6) is -0.0974. The SMILES string of the molecule is CC(N)C(C)C(=O)N1CCN(c2ccc(S(N)(=O)=O)cc2)CC1.Cl.Cl. The number of sulfonamides is 1. The van der Waals surface area contributed by atoms with Crippen molar-refractivity contribution in [2.45, 2.75) is 24.8 Å². The summed E-state index contributed by atoms with van der Waals surface area (Å²) < 4.78 is 22.5. The van der Waals surface area contributed by atoms with Gasteiger partial charge in [0.15, 0.2) is 0 Å². The zero-order valence-electron chi connectivity index (χ0n) is 14.3. The first-order chi connectivity index (χ1) is 10.7. The first kappa shape index (κ1) is 23.9. The van der Waals surface area contributed by atoms with Crippen LogP contribution >= 0.6 is 24.8 Å². The van der Waals surface area contributed by atoms with E-state index in [1.54, 1.807) is 12.1 Å². The molecule has 1 fully saturated rings. The van der Waals surface area contributed by atoms with Crippen LogP contribution in [0.15, 0.2) is 29.2 Å². The van der Waals surface area contributed by atoms with Crippen molar-refractivity contribution in [3.05, 3.63) is 24.3 Å². The Morgan fingerprint density at radius 1 is 1.04 bits per heavy atom. The standard InChI is InChI=1S/C15H24N4O3S.2ClH/c1-11(12(2)16)15(20)19-9-7-18(8-10-19)13-3-5-14(6-4-13)23(17,21)22;;/h3-6,11-12H,7-10,16H2,1-2H3,(H2,17,21,22);2*1H. The second-order valence-corrected chi connectivity index (χ2v) is 7.56. The summed E-state index contributed by atoms with van der Waals surface area (Å²) in [4.78, 5) is 16.3. The maximum absolute atomic E-state index is 12.3. The molecule has 0 bridgehead atoms. The van der Waals surface area contributed by atoms with E-state index in [4.69, 9.17) is 10.9 Å². The average molecular weight is 413 g/mol. The van der Waals surface area contributed by atoms with Crippen molar-refractivity contribution >= 4 is 46.4 Å². The Balaban J connectivity index is 0.00000288. The van der Waals surface area contributed by atoms with Gasteiger partial charge in [0.25, 0.3) is 0 Å². The molecule has 0 aliphatic carbocycles. The molecule has 0 radical (unpaired) electrons. The van der Waals surface area contributed by atoms with Gasteiger partial charge < -0.3 is 15.5 Å². The van der Waals surface area contributed by atoms with E-state index in [0.29, 0.717) is 26.2 Å². The van der Waals surface area contributed by atoms with Gasteiger partial charge >= 0.3 is 0 Å². The molecule has 10 heteroatoms. The van der Waals surface area contributed by atoms with Crippen LogP contribution < -0.4 is 15.8 Å². The molecule has 1 amide bonds. The van der Waals surface area contributed by atoms with Crippen molar-refractivity contribution in [2.24, 2.45) is 16.8 Å². The number of primary sulfonamides is 1. The summed E-state index contributed by atoms with van der Waals surface area (Å²) in [5, 5.41) is 5.09. The van der Waals surface area contributed by atoms with Gasteiger partial charge in [0.1, 0.15) is 0 Å². The third kappa shape index (κ3) is 6.00. The summed E-state index contributed by atoms with van der Waals surface area (Å²) in [7, 11) is -3.67. The Morgan fingerprint density at radius 3 is 1.92 bits per heavy atom. The van der Waals surface area contributed by atoms with Crippen LogP contribution in [-0.4, -0.2) is 51.4 Å². The fourth-order valence-electron chi connectivity index (χ4n) is 2.54. The van der Waals surface area contributed by atoms with E-state index in [1.807, 2.05) is 18.7 Å². The summed E-state index contributed by atoms with van der Waals surface area (Å²) in [5.41, 5.74) is 6.71. The van der Waals surface area contributed by atoms with Crippen molar-refractivity contribution in [2.75, 3.05) is 31.1 Å². The summed E-state index contributed by atoms with van der Waals surface area (Å²) in [6.07, 6.45) is 0. The lowest BCUT2D eigenvalue weighted by Crippen LogP contribution is -2.52. The molecule has 0 aromatic heterocycles. The monoisotopic (exact) mass is 412 g/mol. The minimum absolute atomic E-state index is 0. The third-order valence-electron chi connectivity index (χ3n) is 4.30. The van der Waals surface area contributed by atoms with E-state index in [0.717, 1.165) is 5.69 Å². The quantitative estimate of drug-likeness (QED) is 0.759. The molecule has 0 spiro atoms. The van der Waals surface area contributed by atoms with Gasteiger partial charge in [0.2, 0.25) is 15.9 Å². The molecule has 1 aromatic rings. The van der Waals surface area contributed by atoms with Gasteiger partial charge in [-0.1, -0.05) is 6.92 Å². The predicted molar refractivity (Wildman–Crippen MR) is 104 cm³/mol. The molecule has 1 aliphatic rings. The third-order valence-corrected chi connectivity index (χ3v) is 5.23. The molecule has 2 rings (SSSR count). The van der Waals surface area contributed by atoms with Crippen LogP contribution in [0, 0.1) is 5.92 Å². The molecule has 1 saturated heterocycles. The van der Waals surface area contributed by atoms with E-state index in [9.17, 15) is 13.2 Å². The zero-order valence-corrected chi connectivity index (χ0v) is 16.7. The van der Waals surface area contributed by atoms with E-state index in [2.05, 4.69) is 4.90 Å². The van der Waals surface area contributed by atoms with E-state index in [-0.39, 0.29) is 47.6 Å². The number of hydrogen-bond donors (Lipinski definition) is 2. The lowest BCUT2D eigenvalue weighted by Gasteiger charge is -2.37. The number of nitrogens with two attached hydrogens (primary N) is 2. The first-order valence-corrected chi connectivity index (χ1v) is 9.17. The second kappa shape index (κ2) is 9.59. The van der Waals surface area contributed by atoms with Crippen LogP contribution in [0.5, 0.6) is 0 Å². The minimum Gasteiger partial charge on any atom is -0.368 e. The Bertz CT molecular complexity index is 660. The van der Waals surface area contributed by atoms with Crippen molar-refractivity contribution in [1.82, 2.24) is 4.90 Å². The first-order valence-electron chi connectivity index (χ1n) is 7.62. The van der Waals surface area contributed by atoms with Gasteiger partial charge in [-0.25, -0.2) is 13.6 Å². The number of piperazine rings is 1. The highest BCUT2D eigenvalue weighted by Crippen LogP contribution is 2.19. The number of benzene rings is 1. The van der Waals surface area contributed by atoms with Gasteiger partial charge in [0, 0.05) is 37.9 Å². The topological polar surface area (TPSA) is 110 Å². The van der Waals surface area contributed by atoms with Gasteiger partial charge in [-0.15, -0.1) is 24.8 Å². The Kier molecular flexibility index (Phi) is 9.18. The number of hydrogen-bond acceptors (Lipinski definition) is 5. The predicted octanol–water partition coefficient (Wildman–Crippen LogP) is 0.810. The molecule has 4 N–H and O–H groups in total. The molecule has 7 nitrogen and oxygen atoms in total. The van der Waals surface area contributed by atoms with Crippen molar-refractivity contribution in [3.63, 3.8) is 0 Å². The maximum atomic E-state index is 12.3. The largest absolute Gasteiger partial charge is 0.368 e. The number of carbonyl (C=O) groups excluding carboxylic acids is 1. The number of carbonyl (C=O) groups is 1. The number of anilines is 1. The van der Waals surface area contributed by atoms with Gasteiger partial charge in [-0.2, -0.15) is 0 Å². The molecular weight excluding hydrogens is 387 g/mol. The number of rotatable bonds is 4. The molecule has 1 heterocycles. The molecule has 2 unspecified atom stereocenters. The van der Waals surface area contributed by atoms with Gasteiger partial charge in [0.05, 0.1) is 10.8 Å². The number of nitrogens with zero attached hydrogens (tertiary/aromatic N) is 2. The van der Waals surface area contributed by atoms with E-state index < -0.39 is 10.0 Å². The molecule has 0 saturated carbocycles. The molecule has 1 aromatic carbocycles. The Labute approximate surface area is 161 Å². The van der Waals surface area contributed by atoms with Crippen LogP contribution in [-0.2, 0) is 14.8 Å². The van der Waals surface area contributed by atoms with Crippen LogP contribution in [0.1, 0.15) is 13.8 Å². The van der Waals surface area contributed by atoms with Gasteiger partial charge in [-0.05, 0) is 31.2 Å². The normalized spacial score (nSPS) is 17.1. The van der Waals surface area contributed by atoms with Crippen LogP contribution in [0.25, 0.3) is 0 Å². The van der Waals surface area contributed by atoms with Crippen molar-refractivity contribution in [1.29, 1.82) is 0 Å². The molecule has 1 aliphatic heterocycles. The summed E-state index contributed by atoms with van der Waals surface area (Å²) in [6, 6.07) is 6.32. The molecule has 25 heavy (non-hydrogen) atoms. The Morgan fingerprint density at radius 2 is 1.52 bits per heavy atom. The fraction of sp³-hybridized carbons (Fsp3) is 0.533. The van der Waals surface area contributed by atoms with Crippen LogP contribution in [0.2, 0.25) is 0 Å². The number of halogens is 2. The molecule has 2 atom stereocenters. The lowest BCUT2D eigenvalue weighted by atomic mass is 10.0. The molecule has 144 valence electrons. The zero-order chi connectivity index (χ0) is 17.2. The van der Waals surface area contributed by atoms with Crippen molar-refractivity contribution in [3.8, 4) is 0 Å². The number of amides is 1. The summed E-state index contributed by atoms with van der Waals surface area (Å²) in [6.45, 7) is 6.36. The van der Waals surface area contributed by atoms with Crippen LogP contribution in [0.3, 0.4) is 0 Å². The summed E-state index contributed by atoms with van der Waals surface area (Å²) >= 11 is 0. The van der Waals surface area contributed by atoms with Crippen LogP contribution in [0.4, 0.5) is 5.69 Å². The van der Waals surface area contributed by atoms with Crippen molar-refractivity contribution < 1.29 is 13.2 Å². The highest BCUT2D eigenvalue weighted by molar-refractivity contribution is 7.89. The van der Waals surface area contributed by atoms with E-state index in [1.165, 1.54) is 12.1 Å². The lowest BCUT2D eigenvalue weighted by molar-refractivity contribution is -0.135. The highest BCUT2D eigenvalue weighted by atomic mass is 35.5. The Hall–Kier alpha value is -1.06. The van der Waals surface area contributed by atoms with Gasteiger partial charge in [-0.3, -0.25) is 4.79 Å². The van der Waals surface area contributed by atoms with E-state index >= 15 is 0 Å². The molecular formula is C15H26Cl2N4O3S. The second-order valence-electron chi connectivity index (χ2n) is 6.00. The maximum Gasteiger partial charge on any atom is 0.238 e. The highest BCUT2D eigenvalue weighted by Gasteiger charge is 2.26.